The van der Waals surface area contributed by atoms with Crippen molar-refractivity contribution in [2.45, 2.75) is 32.9 Å². The number of hydrogen-bond donors (Lipinski definition) is 2. The number of aryl methyl sites for hydroxylation is 1. The summed E-state index contributed by atoms with van der Waals surface area (Å²) >= 11 is 1.79. The van der Waals surface area contributed by atoms with Crippen LogP contribution in [-0.2, 0) is 25.9 Å². The van der Waals surface area contributed by atoms with Crippen molar-refractivity contribution < 1.29 is 4.79 Å². The van der Waals surface area contributed by atoms with Crippen LogP contribution in [0.4, 0.5) is 10.5 Å². The molecule has 0 saturated carbocycles. The van der Waals surface area contributed by atoms with Crippen LogP contribution in [0.1, 0.15) is 32.7 Å². The Bertz CT molecular complexity index is 1550. The van der Waals surface area contributed by atoms with E-state index in [0.717, 1.165) is 74.7 Å². The lowest BCUT2D eigenvalue weighted by Crippen LogP contribution is -2.43. The molecule has 3 aliphatic rings. The summed E-state index contributed by atoms with van der Waals surface area (Å²) in [6, 6.07) is 17.2. The summed E-state index contributed by atoms with van der Waals surface area (Å²) in [5.41, 5.74) is 10.9. The molecule has 4 heterocycles. The van der Waals surface area contributed by atoms with Crippen molar-refractivity contribution in [1.29, 1.82) is 0 Å². The number of thiophene rings is 1. The molecule has 7 nitrogen and oxygen atoms in total. The fourth-order valence-electron chi connectivity index (χ4n) is 6.08. The van der Waals surface area contributed by atoms with Crippen molar-refractivity contribution in [3.8, 4) is 21.8 Å². The van der Waals surface area contributed by atoms with Gasteiger partial charge in [-0.15, -0.1) is 11.3 Å². The normalized spacial score (nSPS) is 17.1. The fourth-order valence-corrected chi connectivity index (χ4v) is 7.33. The van der Waals surface area contributed by atoms with Crippen LogP contribution in [0.2, 0.25) is 0 Å². The fraction of sp³-hybridized carbons (Fsp3) is 0.355. The van der Waals surface area contributed by atoms with Gasteiger partial charge in [0.15, 0.2) is 0 Å². The van der Waals surface area contributed by atoms with Crippen molar-refractivity contribution in [2.75, 3.05) is 45.1 Å². The first-order chi connectivity index (χ1) is 19.0. The van der Waals surface area contributed by atoms with E-state index in [2.05, 4.69) is 51.5 Å². The molecule has 0 atom stereocenters. The van der Waals surface area contributed by atoms with Gasteiger partial charge < -0.3 is 15.1 Å². The van der Waals surface area contributed by atoms with Crippen molar-refractivity contribution in [1.82, 2.24) is 24.9 Å². The van der Waals surface area contributed by atoms with Gasteiger partial charge in [0.1, 0.15) is 0 Å². The number of amides is 2. The van der Waals surface area contributed by atoms with Crippen LogP contribution < -0.4 is 5.32 Å². The lowest BCUT2D eigenvalue weighted by Gasteiger charge is -2.32. The molecule has 4 aromatic rings. The summed E-state index contributed by atoms with van der Waals surface area (Å²) < 4.78 is 0. The molecule has 200 valence electrons. The van der Waals surface area contributed by atoms with E-state index >= 15 is 0 Å². The summed E-state index contributed by atoms with van der Waals surface area (Å²) in [4.78, 5) is 22.3. The molecule has 1 saturated heterocycles. The molecule has 0 spiro atoms. The highest BCUT2D eigenvalue weighted by Gasteiger charge is 2.29. The average molecular weight is 539 g/mol. The van der Waals surface area contributed by atoms with Crippen LogP contribution in [-0.4, -0.2) is 70.7 Å². The molecule has 1 fully saturated rings. The SMILES string of the molecule is Cc1cccc(NC(=O)N2CCc3cc(-c4[nH]nc5c4Cc4cc(CN6CCN(C)CC6)ccc4-5)sc3C2)c1. The van der Waals surface area contributed by atoms with Crippen molar-refractivity contribution in [3.05, 3.63) is 81.2 Å². The van der Waals surface area contributed by atoms with E-state index in [0.29, 0.717) is 6.54 Å². The summed E-state index contributed by atoms with van der Waals surface area (Å²) in [6.45, 7) is 8.97. The standard InChI is InChI=1S/C31H34N6OS/c1-20-4-3-5-24(14-20)32-31(38)37-9-8-22-17-27(39-28(22)19-37)30-26-16-23-15-21(6-7-25(23)29(26)33-34-30)18-36-12-10-35(2)11-13-36/h3-7,14-15,17H,8-13,16,18-19H2,1-2H3,(H,32,38)(H,33,34). The molecule has 2 N–H and O–H groups in total. The Morgan fingerprint density at radius 2 is 1.92 bits per heavy atom. The van der Waals surface area contributed by atoms with Crippen LogP contribution in [0.15, 0.2) is 48.5 Å². The van der Waals surface area contributed by atoms with Gasteiger partial charge in [-0.2, -0.15) is 5.10 Å². The number of H-pyrrole nitrogens is 1. The maximum absolute atomic E-state index is 13.0. The number of carbonyl (C=O) groups is 1. The Kier molecular flexibility index (Phi) is 6.26. The number of aromatic amines is 1. The molecule has 39 heavy (non-hydrogen) atoms. The largest absolute Gasteiger partial charge is 0.322 e. The molecular weight excluding hydrogens is 504 g/mol. The van der Waals surface area contributed by atoms with Gasteiger partial charge in [-0.05, 0) is 60.8 Å². The van der Waals surface area contributed by atoms with E-state index in [1.165, 1.54) is 37.6 Å². The lowest BCUT2D eigenvalue weighted by molar-refractivity contribution is 0.148. The number of benzene rings is 2. The first-order valence-corrected chi connectivity index (χ1v) is 14.7. The molecule has 2 aromatic heterocycles. The first-order valence-electron chi connectivity index (χ1n) is 13.8. The number of carbonyl (C=O) groups excluding carboxylic acids is 1. The van der Waals surface area contributed by atoms with Crippen molar-refractivity contribution in [3.63, 3.8) is 0 Å². The third-order valence-electron chi connectivity index (χ3n) is 8.35. The number of nitrogens with zero attached hydrogens (tertiary/aromatic N) is 4. The summed E-state index contributed by atoms with van der Waals surface area (Å²) in [5.74, 6) is 0. The Morgan fingerprint density at radius 3 is 2.77 bits per heavy atom. The number of likely N-dealkylation sites (N-methyl/N-ethyl adjacent to an activating group) is 1. The smallest absolute Gasteiger partial charge is 0.319 e. The molecule has 2 amide bonds. The van der Waals surface area contributed by atoms with Crippen LogP contribution in [0, 0.1) is 6.92 Å². The lowest BCUT2D eigenvalue weighted by atomic mass is 10.0. The Labute approximate surface area is 233 Å². The molecule has 0 bridgehead atoms. The van der Waals surface area contributed by atoms with Gasteiger partial charge >= 0.3 is 6.03 Å². The van der Waals surface area contributed by atoms with Gasteiger partial charge in [-0.1, -0.05) is 30.3 Å². The molecule has 8 heteroatoms. The van der Waals surface area contributed by atoms with E-state index in [1.54, 1.807) is 11.3 Å². The first kappa shape index (κ1) is 24.6. The zero-order chi connectivity index (χ0) is 26.5. The summed E-state index contributed by atoms with van der Waals surface area (Å²) in [5, 5.41) is 11.2. The summed E-state index contributed by atoms with van der Waals surface area (Å²) in [7, 11) is 2.20. The number of hydrogen-bond acceptors (Lipinski definition) is 5. The number of fused-ring (bicyclic) bond motifs is 4. The monoisotopic (exact) mass is 538 g/mol. The van der Waals surface area contributed by atoms with E-state index in [1.807, 2.05) is 36.1 Å². The minimum Gasteiger partial charge on any atom is -0.319 e. The second-order valence-corrected chi connectivity index (χ2v) is 12.3. The number of nitrogens with one attached hydrogen (secondary N) is 2. The quantitative estimate of drug-likeness (QED) is 0.324. The highest BCUT2D eigenvalue weighted by atomic mass is 32.1. The van der Waals surface area contributed by atoms with Gasteiger partial charge in [0.2, 0.25) is 0 Å². The number of piperazine rings is 1. The molecule has 0 radical (unpaired) electrons. The van der Waals surface area contributed by atoms with Crippen LogP contribution >= 0.6 is 11.3 Å². The van der Waals surface area contributed by atoms with Gasteiger partial charge in [0.05, 0.1) is 22.8 Å². The maximum atomic E-state index is 13.0. The molecular formula is C31H34N6OS. The van der Waals surface area contributed by atoms with E-state index in [9.17, 15) is 4.79 Å². The highest BCUT2D eigenvalue weighted by Crippen LogP contribution is 2.43. The molecule has 0 unspecified atom stereocenters. The molecule has 2 aromatic carbocycles. The zero-order valence-corrected chi connectivity index (χ0v) is 23.4. The van der Waals surface area contributed by atoms with Gasteiger partial charge in [0, 0.05) is 67.4 Å². The van der Waals surface area contributed by atoms with Crippen molar-refractivity contribution in [2.24, 2.45) is 0 Å². The van der Waals surface area contributed by atoms with Gasteiger partial charge in [-0.3, -0.25) is 10.00 Å². The Morgan fingerprint density at radius 1 is 1.05 bits per heavy atom. The van der Waals surface area contributed by atoms with Gasteiger partial charge in [-0.25, -0.2) is 4.79 Å². The molecule has 1 aliphatic carbocycles. The minimum atomic E-state index is -0.0357. The third-order valence-corrected chi connectivity index (χ3v) is 9.53. The Balaban J connectivity index is 1.06. The topological polar surface area (TPSA) is 67.5 Å². The number of rotatable bonds is 4. The predicted molar refractivity (Wildman–Crippen MR) is 157 cm³/mol. The Hall–Kier alpha value is -3.46. The molecule has 7 rings (SSSR count). The second kappa shape index (κ2) is 9.93. The molecule has 2 aliphatic heterocycles. The van der Waals surface area contributed by atoms with E-state index < -0.39 is 0 Å². The second-order valence-electron chi connectivity index (χ2n) is 11.2. The van der Waals surface area contributed by atoms with Crippen LogP contribution in [0.5, 0.6) is 0 Å². The number of urea groups is 1. The van der Waals surface area contributed by atoms with E-state index in [4.69, 9.17) is 5.10 Å². The number of aromatic nitrogens is 2. The van der Waals surface area contributed by atoms with Crippen molar-refractivity contribution >= 4 is 23.1 Å². The van der Waals surface area contributed by atoms with Crippen LogP contribution in [0.25, 0.3) is 21.8 Å². The minimum absolute atomic E-state index is 0.0357. The van der Waals surface area contributed by atoms with E-state index in [-0.39, 0.29) is 6.03 Å². The van der Waals surface area contributed by atoms with Gasteiger partial charge in [0.25, 0.3) is 0 Å². The number of anilines is 1. The maximum Gasteiger partial charge on any atom is 0.322 e. The van der Waals surface area contributed by atoms with Crippen LogP contribution in [0.3, 0.4) is 0 Å². The highest BCUT2D eigenvalue weighted by molar-refractivity contribution is 7.15. The summed E-state index contributed by atoms with van der Waals surface area (Å²) in [6.07, 6.45) is 1.79. The zero-order valence-electron chi connectivity index (χ0n) is 22.6. The third kappa shape index (κ3) is 4.77. The predicted octanol–water partition coefficient (Wildman–Crippen LogP) is 5.36. The average Bonchev–Trinajstić information content (AvgIpc) is 3.62.